The van der Waals surface area contributed by atoms with Crippen molar-refractivity contribution in [2.75, 3.05) is 0 Å². The summed E-state index contributed by atoms with van der Waals surface area (Å²) in [6, 6.07) is 1.65. The molecular formula is C6H7N2O2Y-. The number of carbonyl (C=O) groups is 1. The van der Waals surface area contributed by atoms with Crippen LogP contribution in [0.4, 0.5) is 0 Å². The molecule has 11 heavy (non-hydrogen) atoms. The number of hydrogen-bond donors (Lipinski definition) is 0. The molecule has 1 amide bonds. The minimum atomic E-state index is -0.656. The molecule has 0 fully saturated rings. The number of hydrogen-bond acceptors (Lipinski definition) is 3. The van der Waals surface area contributed by atoms with E-state index in [4.69, 9.17) is 5.73 Å². The molecule has 0 aromatic carbocycles. The zero-order valence-electron chi connectivity index (χ0n) is 6.13. The van der Waals surface area contributed by atoms with Crippen LogP contribution in [0.15, 0.2) is 10.6 Å². The van der Waals surface area contributed by atoms with E-state index >= 15 is 0 Å². The van der Waals surface area contributed by atoms with Crippen molar-refractivity contribution in [3.63, 3.8) is 0 Å². The van der Waals surface area contributed by atoms with E-state index in [9.17, 15) is 4.79 Å². The summed E-state index contributed by atoms with van der Waals surface area (Å²) in [6.07, 6.45) is 0.0147. The Bertz CT molecular complexity index is 246. The quantitative estimate of drug-likeness (QED) is 0.761. The van der Waals surface area contributed by atoms with Gasteiger partial charge in [-0.1, -0.05) is 5.16 Å². The fraction of sp³-hybridized carbons (Fsp3) is 0.333. The van der Waals surface area contributed by atoms with Crippen LogP contribution < -0.4 is 0 Å². The summed E-state index contributed by atoms with van der Waals surface area (Å²) in [5.74, 6) is -0.200. The monoisotopic (exact) mass is 228 g/mol. The van der Waals surface area contributed by atoms with Crippen molar-refractivity contribution in [1.82, 2.24) is 5.16 Å². The number of aryl methyl sites for hydroxylation is 1. The Hall–Kier alpha value is -0.216. The molecule has 1 rings (SSSR count). The molecule has 1 N–H and O–H groups in total. The fourth-order valence-corrected chi connectivity index (χ4v) is 0.658. The van der Waals surface area contributed by atoms with E-state index in [1.165, 1.54) is 0 Å². The Kier molecular flexibility index (Phi) is 4.53. The van der Waals surface area contributed by atoms with Crippen molar-refractivity contribution >= 4 is 5.91 Å². The van der Waals surface area contributed by atoms with Gasteiger partial charge in [0.25, 0.3) is 0 Å². The fourth-order valence-electron chi connectivity index (χ4n) is 0.658. The number of aromatic nitrogens is 1. The maximum Gasteiger partial charge on any atom is 0.142 e. The van der Waals surface area contributed by atoms with E-state index in [2.05, 4.69) is 9.68 Å². The van der Waals surface area contributed by atoms with Gasteiger partial charge in [0.05, 0.1) is 11.6 Å². The van der Waals surface area contributed by atoms with Crippen molar-refractivity contribution in [3.05, 3.63) is 23.3 Å². The zero-order valence-corrected chi connectivity index (χ0v) is 8.96. The predicted molar refractivity (Wildman–Crippen MR) is 34.3 cm³/mol. The van der Waals surface area contributed by atoms with Gasteiger partial charge in [-0.2, -0.15) is 0 Å². The Morgan fingerprint density at radius 3 is 2.82 bits per heavy atom. The van der Waals surface area contributed by atoms with Crippen molar-refractivity contribution in [1.29, 1.82) is 0 Å². The smallest absolute Gasteiger partial charge is 0.142 e. The molecule has 4 nitrogen and oxygen atoms in total. The third-order valence-electron chi connectivity index (χ3n) is 1.01. The second kappa shape index (κ2) is 4.62. The number of amides is 1. The normalized spacial score (nSPS) is 8.82. The Morgan fingerprint density at radius 2 is 2.45 bits per heavy atom. The number of nitrogens with one attached hydrogen (secondary N) is 1. The molecule has 0 aliphatic rings. The molecule has 0 aliphatic heterocycles. The maximum absolute atomic E-state index is 10.2. The van der Waals surface area contributed by atoms with Crippen LogP contribution in [0.3, 0.4) is 0 Å². The Balaban J connectivity index is 0.000001000. The van der Waals surface area contributed by atoms with Crippen LogP contribution in [0.2, 0.25) is 0 Å². The van der Waals surface area contributed by atoms with E-state index in [0.717, 1.165) is 5.69 Å². The van der Waals surface area contributed by atoms with Gasteiger partial charge in [-0.25, -0.2) is 0 Å². The molecule has 57 valence electrons. The van der Waals surface area contributed by atoms with Gasteiger partial charge in [0.2, 0.25) is 0 Å². The van der Waals surface area contributed by atoms with Crippen molar-refractivity contribution in [2.45, 2.75) is 13.3 Å². The molecule has 0 atom stereocenters. The summed E-state index contributed by atoms with van der Waals surface area (Å²) in [5, 5.41) is 3.56. The minimum absolute atomic E-state index is 0. The van der Waals surface area contributed by atoms with Crippen LogP contribution in [0.1, 0.15) is 11.5 Å². The van der Waals surface area contributed by atoms with E-state index in [0.29, 0.717) is 5.76 Å². The molecule has 1 aromatic rings. The van der Waals surface area contributed by atoms with Gasteiger partial charge in [0, 0.05) is 45.2 Å². The Labute approximate surface area is 89.4 Å². The second-order valence-electron chi connectivity index (χ2n) is 2.03. The summed E-state index contributed by atoms with van der Waals surface area (Å²) in [7, 11) is 0. The van der Waals surface area contributed by atoms with Crippen LogP contribution in [0.25, 0.3) is 5.73 Å². The summed E-state index contributed by atoms with van der Waals surface area (Å²) < 4.78 is 4.68. The molecule has 0 aliphatic carbocycles. The first kappa shape index (κ1) is 10.8. The van der Waals surface area contributed by atoms with Gasteiger partial charge >= 0.3 is 0 Å². The van der Waals surface area contributed by atoms with Crippen LogP contribution >= 0.6 is 0 Å². The molecule has 1 radical (unpaired) electrons. The first-order valence-corrected chi connectivity index (χ1v) is 2.85. The maximum atomic E-state index is 10.2. The predicted octanol–water partition coefficient (Wildman–Crippen LogP) is 1.10. The summed E-state index contributed by atoms with van der Waals surface area (Å²) in [5.41, 5.74) is 7.33. The Morgan fingerprint density at radius 1 is 1.82 bits per heavy atom. The third-order valence-corrected chi connectivity index (χ3v) is 1.01. The molecule has 0 saturated heterocycles. The molecular weight excluding hydrogens is 221 g/mol. The van der Waals surface area contributed by atoms with Gasteiger partial charge in [-0.05, 0) is 6.92 Å². The first-order chi connectivity index (χ1) is 4.68. The topological polar surface area (TPSA) is 66.9 Å². The third kappa shape index (κ3) is 3.63. The van der Waals surface area contributed by atoms with E-state index in [1.54, 1.807) is 13.0 Å². The zero-order chi connectivity index (χ0) is 7.56. The van der Waals surface area contributed by atoms with Crippen molar-refractivity contribution < 1.29 is 42.0 Å². The van der Waals surface area contributed by atoms with Crippen LogP contribution in [0, 0.1) is 6.92 Å². The molecule has 0 saturated carbocycles. The van der Waals surface area contributed by atoms with Gasteiger partial charge in [0.1, 0.15) is 5.76 Å². The van der Waals surface area contributed by atoms with Crippen LogP contribution in [-0.4, -0.2) is 11.1 Å². The number of carbonyl (C=O) groups excluding carboxylic acids is 1. The molecule has 1 heterocycles. The van der Waals surface area contributed by atoms with Crippen molar-refractivity contribution in [3.8, 4) is 0 Å². The molecule has 1 aromatic heterocycles. The van der Waals surface area contributed by atoms with E-state index in [1.807, 2.05) is 0 Å². The molecule has 0 bridgehead atoms. The van der Waals surface area contributed by atoms with Gasteiger partial charge in [-0.3, -0.25) is 0 Å². The van der Waals surface area contributed by atoms with Gasteiger partial charge < -0.3 is 15.1 Å². The van der Waals surface area contributed by atoms with E-state index in [-0.39, 0.29) is 39.1 Å². The number of nitrogens with zero attached hydrogens (tertiary/aromatic N) is 1. The van der Waals surface area contributed by atoms with Gasteiger partial charge in [0.15, 0.2) is 0 Å². The summed E-state index contributed by atoms with van der Waals surface area (Å²) >= 11 is 0. The van der Waals surface area contributed by atoms with Crippen LogP contribution in [-0.2, 0) is 43.9 Å². The van der Waals surface area contributed by atoms with Gasteiger partial charge in [-0.15, -0.1) is 0 Å². The van der Waals surface area contributed by atoms with E-state index < -0.39 is 5.91 Å². The molecule has 5 heteroatoms. The van der Waals surface area contributed by atoms with Crippen molar-refractivity contribution in [2.24, 2.45) is 0 Å². The van der Waals surface area contributed by atoms with Crippen LogP contribution in [0.5, 0.6) is 0 Å². The largest absolute Gasteiger partial charge is 0.667 e. The molecule has 0 unspecified atom stereocenters. The second-order valence-corrected chi connectivity index (χ2v) is 2.03. The SMILES string of the molecule is Cc1cc(CC([NH-])=O)on1.[Y]. The first-order valence-electron chi connectivity index (χ1n) is 2.85. The average molecular weight is 228 g/mol. The minimum Gasteiger partial charge on any atom is -0.667 e. The summed E-state index contributed by atoms with van der Waals surface area (Å²) in [6.45, 7) is 1.77. The average Bonchev–Trinajstić information content (AvgIpc) is 2.13. The standard InChI is InChI=1S/C6H8N2O2.Y/c1-4-2-5(10-8-4)3-6(7)9;/h2H,3H2,1H3,(H2,7,9);/p-1. The summed E-state index contributed by atoms with van der Waals surface area (Å²) in [4.78, 5) is 10.2. The molecule has 0 spiro atoms. The number of rotatable bonds is 2.